The van der Waals surface area contributed by atoms with Crippen LogP contribution in [-0.4, -0.2) is 37.0 Å². The number of benzene rings is 2. The second kappa shape index (κ2) is 7.29. The molecule has 1 aliphatic rings. The number of anilines is 1. The van der Waals surface area contributed by atoms with E-state index in [4.69, 9.17) is 0 Å². The van der Waals surface area contributed by atoms with Crippen LogP contribution in [0.2, 0.25) is 0 Å². The van der Waals surface area contributed by atoms with Crippen molar-refractivity contribution < 1.29 is 4.79 Å². The second-order valence-corrected chi connectivity index (χ2v) is 5.93. The molecule has 4 heteroatoms. The highest BCUT2D eigenvalue weighted by Crippen LogP contribution is 2.20. The molecule has 0 saturated carbocycles. The number of nitrogens with zero attached hydrogens (tertiary/aromatic N) is 1. The van der Waals surface area contributed by atoms with Gasteiger partial charge >= 0.3 is 0 Å². The van der Waals surface area contributed by atoms with Gasteiger partial charge in [0.1, 0.15) is 0 Å². The fourth-order valence-corrected chi connectivity index (χ4v) is 3.03. The molecule has 0 radical (unpaired) electrons. The standard InChI is InChI=1S/C19H23N3O/c1-2-20-18-8-7-15-13-17(6-5-16(15)14-18)19(23)21-9-12-22-10-3-4-11-22/h2,5-8,13-14,20H,1,3-4,9-12H2,(H,21,23). The smallest absolute Gasteiger partial charge is 0.251 e. The van der Waals surface area contributed by atoms with Gasteiger partial charge in [0.25, 0.3) is 5.91 Å². The topological polar surface area (TPSA) is 44.4 Å². The van der Waals surface area contributed by atoms with E-state index < -0.39 is 0 Å². The van der Waals surface area contributed by atoms with E-state index in [1.165, 1.54) is 12.8 Å². The molecular weight excluding hydrogens is 286 g/mol. The van der Waals surface area contributed by atoms with Gasteiger partial charge in [0.15, 0.2) is 0 Å². The molecule has 120 valence electrons. The molecule has 0 aliphatic carbocycles. The van der Waals surface area contributed by atoms with Crippen molar-refractivity contribution in [3.05, 3.63) is 54.7 Å². The van der Waals surface area contributed by atoms with Crippen molar-refractivity contribution in [2.75, 3.05) is 31.5 Å². The van der Waals surface area contributed by atoms with Crippen LogP contribution in [0.1, 0.15) is 23.2 Å². The molecule has 0 aromatic heterocycles. The van der Waals surface area contributed by atoms with Crippen LogP contribution in [0.15, 0.2) is 49.2 Å². The lowest BCUT2D eigenvalue weighted by Crippen LogP contribution is -2.33. The molecule has 2 aromatic rings. The largest absolute Gasteiger partial charge is 0.362 e. The maximum atomic E-state index is 12.3. The van der Waals surface area contributed by atoms with E-state index in [0.717, 1.165) is 36.1 Å². The van der Waals surface area contributed by atoms with E-state index >= 15 is 0 Å². The summed E-state index contributed by atoms with van der Waals surface area (Å²) >= 11 is 0. The zero-order valence-corrected chi connectivity index (χ0v) is 13.3. The van der Waals surface area contributed by atoms with Gasteiger partial charge in [-0.2, -0.15) is 0 Å². The van der Waals surface area contributed by atoms with Crippen LogP contribution in [0.4, 0.5) is 5.69 Å². The Bertz CT molecular complexity index is 705. The highest BCUT2D eigenvalue weighted by molar-refractivity contribution is 5.99. The molecule has 0 spiro atoms. The van der Waals surface area contributed by atoms with Crippen molar-refractivity contribution in [1.29, 1.82) is 0 Å². The normalized spacial score (nSPS) is 14.8. The number of hydrogen-bond acceptors (Lipinski definition) is 3. The monoisotopic (exact) mass is 309 g/mol. The minimum absolute atomic E-state index is 0.000565. The van der Waals surface area contributed by atoms with Crippen molar-refractivity contribution in [3.8, 4) is 0 Å². The van der Waals surface area contributed by atoms with Gasteiger partial charge in [0, 0.05) is 24.3 Å². The highest BCUT2D eigenvalue weighted by Gasteiger charge is 2.12. The van der Waals surface area contributed by atoms with Crippen LogP contribution in [0, 0.1) is 0 Å². The van der Waals surface area contributed by atoms with Crippen molar-refractivity contribution in [2.24, 2.45) is 0 Å². The number of carbonyl (C=O) groups is 1. The number of hydrogen-bond donors (Lipinski definition) is 2. The maximum Gasteiger partial charge on any atom is 0.251 e. The first-order chi connectivity index (χ1) is 11.3. The summed E-state index contributed by atoms with van der Waals surface area (Å²) in [6.45, 7) is 7.63. The number of amides is 1. The number of likely N-dealkylation sites (tertiary alicyclic amines) is 1. The zero-order valence-electron chi connectivity index (χ0n) is 13.3. The Labute approximate surface area is 137 Å². The van der Waals surface area contributed by atoms with Gasteiger partial charge in [-0.05, 0) is 67.2 Å². The molecule has 1 heterocycles. The van der Waals surface area contributed by atoms with Gasteiger partial charge in [-0.25, -0.2) is 0 Å². The van der Waals surface area contributed by atoms with Gasteiger partial charge in [-0.1, -0.05) is 18.7 Å². The SMILES string of the molecule is C=CNc1ccc2cc(C(=O)NCCN3CCCC3)ccc2c1. The zero-order chi connectivity index (χ0) is 16.1. The van der Waals surface area contributed by atoms with Crippen molar-refractivity contribution >= 4 is 22.4 Å². The van der Waals surface area contributed by atoms with Gasteiger partial charge < -0.3 is 15.5 Å². The summed E-state index contributed by atoms with van der Waals surface area (Å²) in [5, 5.41) is 8.25. The predicted octanol–water partition coefficient (Wildman–Crippen LogP) is 3.22. The molecule has 1 aliphatic heterocycles. The average molecular weight is 309 g/mol. The molecule has 2 aromatic carbocycles. The first-order valence-corrected chi connectivity index (χ1v) is 8.18. The average Bonchev–Trinajstić information content (AvgIpc) is 3.08. The van der Waals surface area contributed by atoms with Crippen LogP contribution in [0.5, 0.6) is 0 Å². The van der Waals surface area contributed by atoms with Gasteiger partial charge in [0.2, 0.25) is 0 Å². The molecule has 4 nitrogen and oxygen atoms in total. The van der Waals surface area contributed by atoms with Gasteiger partial charge in [-0.15, -0.1) is 0 Å². The van der Waals surface area contributed by atoms with E-state index in [9.17, 15) is 4.79 Å². The molecule has 0 unspecified atom stereocenters. The Kier molecular flexibility index (Phi) is 4.93. The molecule has 23 heavy (non-hydrogen) atoms. The predicted molar refractivity (Wildman–Crippen MR) is 95.8 cm³/mol. The van der Waals surface area contributed by atoms with Crippen LogP contribution in [0.3, 0.4) is 0 Å². The molecule has 1 saturated heterocycles. The number of nitrogens with one attached hydrogen (secondary N) is 2. The Balaban J connectivity index is 1.63. The van der Waals surface area contributed by atoms with Crippen LogP contribution in [-0.2, 0) is 0 Å². The first kappa shape index (κ1) is 15.6. The van der Waals surface area contributed by atoms with E-state index in [0.29, 0.717) is 12.1 Å². The third-order valence-corrected chi connectivity index (χ3v) is 4.28. The first-order valence-electron chi connectivity index (χ1n) is 8.18. The van der Waals surface area contributed by atoms with Gasteiger partial charge in [-0.3, -0.25) is 4.79 Å². The quantitative estimate of drug-likeness (QED) is 0.861. The number of rotatable bonds is 6. The fraction of sp³-hybridized carbons (Fsp3) is 0.316. The third kappa shape index (κ3) is 3.90. The Morgan fingerprint density at radius 3 is 2.65 bits per heavy atom. The Morgan fingerprint density at radius 1 is 1.13 bits per heavy atom. The Hall–Kier alpha value is -2.33. The van der Waals surface area contributed by atoms with E-state index in [1.807, 2.05) is 36.4 Å². The lowest BCUT2D eigenvalue weighted by Gasteiger charge is -2.14. The molecule has 1 amide bonds. The van der Waals surface area contributed by atoms with Crippen molar-refractivity contribution in [3.63, 3.8) is 0 Å². The lowest BCUT2D eigenvalue weighted by molar-refractivity contribution is 0.0950. The third-order valence-electron chi connectivity index (χ3n) is 4.28. The fourth-order valence-electron chi connectivity index (χ4n) is 3.03. The van der Waals surface area contributed by atoms with Gasteiger partial charge in [0.05, 0.1) is 0 Å². The lowest BCUT2D eigenvalue weighted by atomic mass is 10.1. The summed E-state index contributed by atoms with van der Waals surface area (Å²) in [7, 11) is 0. The number of fused-ring (bicyclic) bond motifs is 1. The minimum atomic E-state index is -0.000565. The summed E-state index contributed by atoms with van der Waals surface area (Å²) in [5.74, 6) is -0.000565. The summed E-state index contributed by atoms with van der Waals surface area (Å²) < 4.78 is 0. The minimum Gasteiger partial charge on any atom is -0.362 e. The number of carbonyl (C=O) groups excluding carboxylic acids is 1. The van der Waals surface area contributed by atoms with Crippen molar-refractivity contribution in [1.82, 2.24) is 10.2 Å². The molecule has 2 N–H and O–H groups in total. The van der Waals surface area contributed by atoms with Crippen LogP contribution >= 0.6 is 0 Å². The van der Waals surface area contributed by atoms with E-state index in [-0.39, 0.29) is 5.91 Å². The molecule has 0 atom stereocenters. The summed E-state index contributed by atoms with van der Waals surface area (Å²) in [6, 6.07) is 11.9. The van der Waals surface area contributed by atoms with Crippen LogP contribution in [0.25, 0.3) is 10.8 Å². The van der Waals surface area contributed by atoms with Crippen molar-refractivity contribution in [2.45, 2.75) is 12.8 Å². The molecule has 0 bridgehead atoms. The molecule has 1 fully saturated rings. The summed E-state index contributed by atoms with van der Waals surface area (Å²) in [6.07, 6.45) is 4.21. The summed E-state index contributed by atoms with van der Waals surface area (Å²) in [5.41, 5.74) is 1.71. The molecule has 3 rings (SSSR count). The highest BCUT2D eigenvalue weighted by atomic mass is 16.1. The van der Waals surface area contributed by atoms with E-state index in [1.54, 1.807) is 6.20 Å². The van der Waals surface area contributed by atoms with Crippen LogP contribution < -0.4 is 10.6 Å². The molecular formula is C19H23N3O. The second-order valence-electron chi connectivity index (χ2n) is 5.93. The van der Waals surface area contributed by atoms with E-state index in [2.05, 4.69) is 22.1 Å². The summed E-state index contributed by atoms with van der Waals surface area (Å²) in [4.78, 5) is 14.7. The Morgan fingerprint density at radius 2 is 1.87 bits per heavy atom. The maximum absolute atomic E-state index is 12.3.